The molecule has 0 spiro atoms. The number of nitrogens with one attached hydrogen (secondary N) is 2. The summed E-state index contributed by atoms with van der Waals surface area (Å²) in [6.07, 6.45) is -1.11. The molecule has 7 heteroatoms. The third-order valence-electron chi connectivity index (χ3n) is 3.08. The first-order valence-electron chi connectivity index (χ1n) is 6.56. The van der Waals surface area contributed by atoms with Gasteiger partial charge in [-0.2, -0.15) is 0 Å². The molecular weight excluding hydrogens is 302 g/mol. The van der Waals surface area contributed by atoms with Gasteiger partial charge in [-0.1, -0.05) is 18.2 Å². The SMILES string of the molecule is O=C(O)NCc1nc2cc([S+]([O-])c3ccccc3)ccc2[nH]1. The number of imidazole rings is 1. The van der Waals surface area contributed by atoms with Crippen LogP contribution < -0.4 is 5.32 Å². The number of rotatable bonds is 4. The van der Waals surface area contributed by atoms with Crippen LogP contribution in [0.5, 0.6) is 0 Å². The largest absolute Gasteiger partial charge is 0.606 e. The van der Waals surface area contributed by atoms with E-state index >= 15 is 0 Å². The highest BCUT2D eigenvalue weighted by Gasteiger charge is 2.16. The van der Waals surface area contributed by atoms with Crippen molar-refractivity contribution in [3.8, 4) is 0 Å². The summed E-state index contributed by atoms with van der Waals surface area (Å²) in [4.78, 5) is 19.2. The molecule has 112 valence electrons. The van der Waals surface area contributed by atoms with Gasteiger partial charge in [-0.25, -0.2) is 9.78 Å². The first-order valence-corrected chi connectivity index (χ1v) is 7.71. The molecule has 1 unspecified atom stereocenters. The van der Waals surface area contributed by atoms with Gasteiger partial charge in [0, 0.05) is 17.2 Å². The van der Waals surface area contributed by atoms with E-state index in [1.165, 1.54) is 0 Å². The fourth-order valence-corrected chi connectivity index (χ4v) is 3.16. The van der Waals surface area contributed by atoms with Crippen molar-refractivity contribution in [3.05, 3.63) is 54.4 Å². The molecule has 0 saturated carbocycles. The van der Waals surface area contributed by atoms with E-state index in [2.05, 4.69) is 15.3 Å². The van der Waals surface area contributed by atoms with Crippen molar-refractivity contribution in [2.75, 3.05) is 0 Å². The Labute approximate surface area is 129 Å². The zero-order valence-electron chi connectivity index (χ0n) is 11.4. The first kappa shape index (κ1) is 14.4. The molecule has 22 heavy (non-hydrogen) atoms. The molecule has 0 bridgehead atoms. The third kappa shape index (κ3) is 3.05. The minimum atomic E-state index is -1.27. The minimum Gasteiger partial charge on any atom is -0.606 e. The predicted molar refractivity (Wildman–Crippen MR) is 82.1 cm³/mol. The van der Waals surface area contributed by atoms with E-state index in [4.69, 9.17) is 5.11 Å². The van der Waals surface area contributed by atoms with Gasteiger partial charge in [0.1, 0.15) is 5.82 Å². The van der Waals surface area contributed by atoms with E-state index < -0.39 is 17.3 Å². The summed E-state index contributed by atoms with van der Waals surface area (Å²) in [5.41, 5.74) is 1.43. The molecule has 6 nitrogen and oxygen atoms in total. The lowest BCUT2D eigenvalue weighted by Crippen LogP contribution is -2.20. The lowest BCUT2D eigenvalue weighted by Gasteiger charge is -2.09. The molecule has 2 aromatic carbocycles. The van der Waals surface area contributed by atoms with Crippen LogP contribution in [0.4, 0.5) is 4.79 Å². The fourth-order valence-electron chi connectivity index (χ4n) is 2.08. The number of aromatic amines is 1. The van der Waals surface area contributed by atoms with Crippen molar-refractivity contribution >= 4 is 28.3 Å². The van der Waals surface area contributed by atoms with Gasteiger partial charge >= 0.3 is 6.09 Å². The topological polar surface area (TPSA) is 101 Å². The van der Waals surface area contributed by atoms with Crippen LogP contribution >= 0.6 is 0 Å². The number of aromatic nitrogens is 2. The van der Waals surface area contributed by atoms with Crippen molar-refractivity contribution in [1.82, 2.24) is 15.3 Å². The van der Waals surface area contributed by atoms with E-state index in [-0.39, 0.29) is 6.54 Å². The Bertz CT molecular complexity index is 804. The Morgan fingerprint density at radius 1 is 1.23 bits per heavy atom. The van der Waals surface area contributed by atoms with Crippen LogP contribution in [0, 0.1) is 0 Å². The molecule has 3 rings (SSSR count). The molecule has 1 amide bonds. The maximum Gasteiger partial charge on any atom is 0.405 e. The van der Waals surface area contributed by atoms with Crippen LogP contribution in [0.2, 0.25) is 0 Å². The zero-order valence-corrected chi connectivity index (χ0v) is 12.3. The van der Waals surface area contributed by atoms with Gasteiger partial charge < -0.3 is 20.0 Å². The number of H-pyrrole nitrogens is 1. The molecular formula is C15H13N3O3S. The van der Waals surface area contributed by atoms with Crippen molar-refractivity contribution < 1.29 is 14.5 Å². The maximum atomic E-state index is 12.5. The molecule has 1 aromatic heterocycles. The van der Waals surface area contributed by atoms with Gasteiger partial charge in [-0.3, -0.25) is 0 Å². The summed E-state index contributed by atoms with van der Waals surface area (Å²) in [5, 5.41) is 10.8. The molecule has 1 atom stereocenters. The number of hydrogen-bond donors (Lipinski definition) is 3. The van der Waals surface area contributed by atoms with Gasteiger partial charge in [0.05, 0.1) is 17.6 Å². The summed E-state index contributed by atoms with van der Waals surface area (Å²) in [6.45, 7) is 0.0983. The molecule has 0 aliphatic heterocycles. The maximum absolute atomic E-state index is 12.5. The highest BCUT2D eigenvalue weighted by Crippen LogP contribution is 2.23. The Kier molecular flexibility index (Phi) is 3.99. The van der Waals surface area contributed by atoms with Gasteiger partial charge in [-0.15, -0.1) is 0 Å². The summed E-state index contributed by atoms with van der Waals surface area (Å²) in [6, 6.07) is 14.5. The van der Waals surface area contributed by atoms with Crippen LogP contribution in [0.25, 0.3) is 11.0 Å². The van der Waals surface area contributed by atoms with E-state index in [9.17, 15) is 9.35 Å². The summed E-state index contributed by atoms with van der Waals surface area (Å²) in [7, 11) is 0. The van der Waals surface area contributed by atoms with E-state index in [0.717, 1.165) is 10.4 Å². The molecule has 3 N–H and O–H groups in total. The monoisotopic (exact) mass is 315 g/mol. The Hall–Kier alpha value is -2.51. The number of carbonyl (C=O) groups is 1. The van der Waals surface area contributed by atoms with Crippen LogP contribution in [0.1, 0.15) is 5.82 Å². The number of benzene rings is 2. The molecule has 0 fully saturated rings. The third-order valence-corrected chi connectivity index (χ3v) is 4.46. The molecule has 0 aliphatic rings. The van der Waals surface area contributed by atoms with Gasteiger partial charge in [0.15, 0.2) is 9.79 Å². The second-order valence-corrected chi connectivity index (χ2v) is 6.08. The molecule has 0 aliphatic carbocycles. The second kappa shape index (κ2) is 6.08. The molecule has 1 heterocycles. The zero-order chi connectivity index (χ0) is 15.5. The highest BCUT2D eigenvalue weighted by atomic mass is 32.2. The van der Waals surface area contributed by atoms with E-state index in [1.807, 2.05) is 30.3 Å². The fraction of sp³-hybridized carbons (Fsp3) is 0.0667. The summed E-state index contributed by atoms with van der Waals surface area (Å²) < 4.78 is 12.5. The average molecular weight is 315 g/mol. The van der Waals surface area contributed by atoms with Gasteiger partial charge in [0.25, 0.3) is 0 Å². The van der Waals surface area contributed by atoms with Gasteiger partial charge in [0.2, 0.25) is 0 Å². The average Bonchev–Trinajstić information content (AvgIpc) is 2.95. The van der Waals surface area contributed by atoms with Crippen LogP contribution in [-0.4, -0.2) is 25.7 Å². The lowest BCUT2D eigenvalue weighted by atomic mass is 10.3. The van der Waals surface area contributed by atoms with Gasteiger partial charge in [-0.05, 0) is 24.3 Å². The second-order valence-electron chi connectivity index (χ2n) is 4.60. The van der Waals surface area contributed by atoms with Crippen LogP contribution in [0.3, 0.4) is 0 Å². The number of amides is 1. The lowest BCUT2D eigenvalue weighted by molar-refractivity contribution is 0.193. The quantitative estimate of drug-likeness (QED) is 0.644. The number of nitrogens with zero attached hydrogens (tertiary/aromatic N) is 1. The van der Waals surface area contributed by atoms with E-state index in [0.29, 0.717) is 16.2 Å². The van der Waals surface area contributed by atoms with Crippen molar-refractivity contribution in [2.24, 2.45) is 0 Å². The normalized spacial score (nSPS) is 12.2. The van der Waals surface area contributed by atoms with Crippen LogP contribution in [-0.2, 0) is 17.7 Å². The minimum absolute atomic E-state index is 0.0983. The Morgan fingerprint density at radius 2 is 2.00 bits per heavy atom. The molecule has 0 saturated heterocycles. The summed E-state index contributed by atoms with van der Waals surface area (Å²) in [5.74, 6) is 0.514. The predicted octanol–water partition coefficient (Wildman–Crippen LogP) is 2.50. The van der Waals surface area contributed by atoms with E-state index in [1.54, 1.807) is 18.2 Å². The van der Waals surface area contributed by atoms with Crippen molar-refractivity contribution in [2.45, 2.75) is 16.3 Å². The smallest absolute Gasteiger partial charge is 0.405 e. The Balaban J connectivity index is 1.87. The van der Waals surface area contributed by atoms with Crippen molar-refractivity contribution in [1.29, 1.82) is 0 Å². The molecule has 3 aromatic rings. The number of fused-ring (bicyclic) bond motifs is 1. The summed E-state index contributed by atoms with van der Waals surface area (Å²) >= 11 is -1.27. The first-order chi connectivity index (χ1) is 10.6. The standard InChI is InChI=1S/C15H13N3O3S/c19-15(20)16-9-14-17-12-7-6-11(8-13(12)18-14)22(21)10-4-2-1-3-5-10/h1-8,16H,9H2,(H,17,18)(H,19,20). The number of hydrogen-bond acceptors (Lipinski definition) is 3. The van der Waals surface area contributed by atoms with Crippen molar-refractivity contribution in [3.63, 3.8) is 0 Å². The Morgan fingerprint density at radius 3 is 2.73 bits per heavy atom. The number of carboxylic acid groups (broad SMARTS) is 1. The highest BCUT2D eigenvalue weighted by molar-refractivity contribution is 7.91. The van der Waals surface area contributed by atoms with Crippen LogP contribution in [0.15, 0.2) is 58.3 Å². The molecule has 0 radical (unpaired) electrons.